The Labute approximate surface area is 123 Å². The molecule has 114 valence electrons. The minimum absolute atomic E-state index is 0.0601. The van der Waals surface area contributed by atoms with Crippen molar-refractivity contribution in [2.75, 3.05) is 17.2 Å². The zero-order chi connectivity index (χ0) is 15.5. The van der Waals surface area contributed by atoms with Gasteiger partial charge in [0.25, 0.3) is 0 Å². The molecule has 2 N–H and O–H groups in total. The minimum atomic E-state index is -0.0601. The third-order valence-electron chi connectivity index (χ3n) is 3.53. The molecule has 0 saturated carbocycles. The van der Waals surface area contributed by atoms with Crippen molar-refractivity contribution in [1.82, 2.24) is 9.97 Å². The summed E-state index contributed by atoms with van der Waals surface area (Å²) in [5.41, 5.74) is 1.03. The number of anilines is 2. The monoisotopic (exact) mass is 278 g/mol. The lowest BCUT2D eigenvalue weighted by molar-refractivity contribution is 0.538. The highest BCUT2D eigenvalue weighted by molar-refractivity contribution is 5.58. The number of hydrogen-bond acceptors (Lipinski definition) is 4. The van der Waals surface area contributed by atoms with Crippen molar-refractivity contribution >= 4 is 11.6 Å². The first-order chi connectivity index (χ1) is 9.16. The van der Waals surface area contributed by atoms with Crippen LogP contribution >= 0.6 is 0 Å². The molecule has 0 amide bonds. The largest absolute Gasteiger partial charge is 0.370 e. The number of nitrogens with zero attached hydrogens (tertiary/aromatic N) is 2. The first kappa shape index (κ1) is 16.7. The highest BCUT2D eigenvalue weighted by Gasteiger charge is 2.22. The van der Waals surface area contributed by atoms with E-state index >= 15 is 0 Å². The minimum Gasteiger partial charge on any atom is -0.370 e. The Kier molecular flexibility index (Phi) is 5.37. The van der Waals surface area contributed by atoms with Gasteiger partial charge in [0.05, 0.1) is 0 Å². The highest BCUT2D eigenvalue weighted by atomic mass is 15.1. The van der Waals surface area contributed by atoms with E-state index in [9.17, 15) is 0 Å². The Morgan fingerprint density at radius 1 is 1.05 bits per heavy atom. The fraction of sp³-hybridized carbons (Fsp3) is 0.750. The first-order valence-electron chi connectivity index (χ1n) is 7.56. The number of hydrogen-bond donors (Lipinski definition) is 2. The van der Waals surface area contributed by atoms with Gasteiger partial charge in [0.2, 0.25) is 0 Å². The maximum Gasteiger partial charge on any atom is 0.138 e. The second-order valence-electron chi connectivity index (χ2n) is 6.83. The predicted molar refractivity (Wildman–Crippen MR) is 87.6 cm³/mol. The molecule has 0 aliphatic rings. The van der Waals surface area contributed by atoms with Gasteiger partial charge in [-0.2, -0.15) is 0 Å². The lowest BCUT2D eigenvalue weighted by atomic mass is 9.95. The SMILES string of the molecule is CCNc1nc(C(C)(C)C)nc(NC(C)C(C)C)c1C. The van der Waals surface area contributed by atoms with Crippen molar-refractivity contribution in [2.45, 2.75) is 66.8 Å². The molecule has 4 heteroatoms. The van der Waals surface area contributed by atoms with Crippen LogP contribution in [-0.2, 0) is 5.41 Å². The standard InChI is InChI=1S/C16H30N4/c1-9-17-13-11(4)14(18-12(5)10(2)3)20-15(19-13)16(6,7)8/h10,12H,9H2,1-8H3,(H2,17,18,19,20). The molecule has 1 rings (SSSR count). The molecule has 0 aromatic carbocycles. The molecule has 0 radical (unpaired) electrons. The third-order valence-corrected chi connectivity index (χ3v) is 3.53. The van der Waals surface area contributed by atoms with Gasteiger partial charge in [-0.3, -0.25) is 0 Å². The van der Waals surface area contributed by atoms with Crippen LogP contribution in [0.15, 0.2) is 0 Å². The van der Waals surface area contributed by atoms with E-state index in [1.807, 2.05) is 0 Å². The highest BCUT2D eigenvalue weighted by Crippen LogP contribution is 2.27. The fourth-order valence-electron chi connectivity index (χ4n) is 1.71. The Morgan fingerprint density at radius 3 is 2.05 bits per heavy atom. The van der Waals surface area contributed by atoms with E-state index in [1.165, 1.54) is 0 Å². The van der Waals surface area contributed by atoms with Crippen molar-refractivity contribution in [2.24, 2.45) is 5.92 Å². The smallest absolute Gasteiger partial charge is 0.138 e. The van der Waals surface area contributed by atoms with E-state index in [1.54, 1.807) is 0 Å². The van der Waals surface area contributed by atoms with Gasteiger partial charge < -0.3 is 10.6 Å². The van der Waals surface area contributed by atoms with Gasteiger partial charge in [0, 0.05) is 23.6 Å². The number of nitrogens with one attached hydrogen (secondary N) is 2. The topological polar surface area (TPSA) is 49.8 Å². The molecule has 0 aliphatic heterocycles. The van der Waals surface area contributed by atoms with Gasteiger partial charge in [0.15, 0.2) is 0 Å². The summed E-state index contributed by atoms with van der Waals surface area (Å²) in [6, 6.07) is 0.380. The first-order valence-corrected chi connectivity index (χ1v) is 7.56. The Bertz CT molecular complexity index is 447. The van der Waals surface area contributed by atoms with Crippen molar-refractivity contribution in [1.29, 1.82) is 0 Å². The molecule has 1 heterocycles. The van der Waals surface area contributed by atoms with Crippen molar-refractivity contribution in [3.05, 3.63) is 11.4 Å². The lowest BCUT2D eigenvalue weighted by Gasteiger charge is -2.24. The molecule has 1 aromatic heterocycles. The van der Waals surface area contributed by atoms with Gasteiger partial charge >= 0.3 is 0 Å². The van der Waals surface area contributed by atoms with Crippen LogP contribution in [-0.4, -0.2) is 22.6 Å². The maximum atomic E-state index is 4.75. The summed E-state index contributed by atoms with van der Waals surface area (Å²) < 4.78 is 0. The molecule has 4 nitrogen and oxygen atoms in total. The summed E-state index contributed by atoms with van der Waals surface area (Å²) in [6.07, 6.45) is 0. The Morgan fingerprint density at radius 2 is 1.60 bits per heavy atom. The van der Waals surface area contributed by atoms with Crippen LogP contribution in [0.4, 0.5) is 11.6 Å². The Hall–Kier alpha value is -1.32. The van der Waals surface area contributed by atoms with Gasteiger partial charge in [0.1, 0.15) is 17.5 Å². The number of aromatic nitrogens is 2. The van der Waals surface area contributed by atoms with Crippen molar-refractivity contribution in [3.63, 3.8) is 0 Å². The van der Waals surface area contributed by atoms with Gasteiger partial charge in [-0.25, -0.2) is 9.97 Å². The number of rotatable bonds is 5. The van der Waals surface area contributed by atoms with E-state index in [0.29, 0.717) is 12.0 Å². The van der Waals surface area contributed by atoms with Crippen LogP contribution in [0.5, 0.6) is 0 Å². The summed E-state index contributed by atoms with van der Waals surface area (Å²) in [7, 11) is 0. The van der Waals surface area contributed by atoms with Crippen LogP contribution in [0.2, 0.25) is 0 Å². The fourth-order valence-corrected chi connectivity index (χ4v) is 1.71. The van der Waals surface area contributed by atoms with E-state index < -0.39 is 0 Å². The van der Waals surface area contributed by atoms with E-state index in [2.05, 4.69) is 71.0 Å². The molecular weight excluding hydrogens is 248 g/mol. The van der Waals surface area contributed by atoms with Gasteiger partial charge in [-0.05, 0) is 26.7 Å². The quantitative estimate of drug-likeness (QED) is 0.855. The van der Waals surface area contributed by atoms with E-state index in [4.69, 9.17) is 4.98 Å². The summed E-state index contributed by atoms with van der Waals surface area (Å²) >= 11 is 0. The van der Waals surface area contributed by atoms with Gasteiger partial charge in [-0.15, -0.1) is 0 Å². The average Bonchev–Trinajstić information content (AvgIpc) is 2.32. The predicted octanol–water partition coefficient (Wildman–Crippen LogP) is 3.97. The molecule has 0 fully saturated rings. The van der Waals surface area contributed by atoms with E-state index in [-0.39, 0.29) is 5.41 Å². The second-order valence-corrected chi connectivity index (χ2v) is 6.83. The summed E-state index contributed by atoms with van der Waals surface area (Å²) in [4.78, 5) is 9.43. The summed E-state index contributed by atoms with van der Waals surface area (Å²) in [5, 5.41) is 6.87. The van der Waals surface area contributed by atoms with Gasteiger partial charge in [-0.1, -0.05) is 34.6 Å². The lowest BCUT2D eigenvalue weighted by Crippen LogP contribution is -2.25. The zero-order valence-electron chi connectivity index (χ0n) is 14.3. The molecule has 0 spiro atoms. The van der Waals surface area contributed by atoms with Crippen LogP contribution in [0, 0.1) is 12.8 Å². The van der Waals surface area contributed by atoms with Crippen molar-refractivity contribution in [3.8, 4) is 0 Å². The molecule has 1 aromatic rings. The molecule has 1 atom stereocenters. The molecule has 0 aliphatic carbocycles. The van der Waals surface area contributed by atoms with Crippen molar-refractivity contribution < 1.29 is 0 Å². The second kappa shape index (κ2) is 6.42. The molecular formula is C16H30N4. The Balaban J connectivity index is 3.23. The van der Waals surface area contributed by atoms with E-state index in [0.717, 1.165) is 29.6 Å². The zero-order valence-corrected chi connectivity index (χ0v) is 14.3. The molecule has 20 heavy (non-hydrogen) atoms. The third kappa shape index (κ3) is 4.09. The summed E-state index contributed by atoms with van der Waals surface area (Å²) in [5.74, 6) is 3.32. The molecule has 1 unspecified atom stereocenters. The van der Waals surface area contributed by atoms with Crippen LogP contribution in [0.1, 0.15) is 59.9 Å². The summed E-state index contributed by atoms with van der Waals surface area (Å²) in [6.45, 7) is 18.1. The molecule has 0 bridgehead atoms. The normalized spacial score (nSPS) is 13.4. The average molecular weight is 278 g/mol. The van der Waals surface area contributed by atoms with Crippen LogP contribution < -0.4 is 10.6 Å². The van der Waals surface area contributed by atoms with Crippen LogP contribution in [0.25, 0.3) is 0 Å². The molecule has 0 saturated heterocycles. The van der Waals surface area contributed by atoms with Crippen LogP contribution in [0.3, 0.4) is 0 Å². The maximum absolute atomic E-state index is 4.75.